The summed E-state index contributed by atoms with van der Waals surface area (Å²) in [6.45, 7) is 1.06. The molecule has 3 N–H and O–H groups in total. The van der Waals surface area contributed by atoms with Crippen molar-refractivity contribution in [2.45, 2.75) is 12.5 Å². The van der Waals surface area contributed by atoms with Gasteiger partial charge < -0.3 is 10.4 Å². The Kier molecular flexibility index (Phi) is 6.90. The van der Waals surface area contributed by atoms with Gasteiger partial charge in [-0.3, -0.25) is 9.55 Å². The largest absolute Gasteiger partial charge is 0.396 e. The topological polar surface area (TPSA) is 99.0 Å². The van der Waals surface area contributed by atoms with Crippen LogP contribution in [0.1, 0.15) is 6.42 Å². The Bertz CT molecular complexity index is 294. The van der Waals surface area contributed by atoms with Gasteiger partial charge in [0.15, 0.2) is 5.17 Å². The molecule has 1 aliphatic heterocycles. The molecule has 6 nitrogen and oxygen atoms in total. The van der Waals surface area contributed by atoms with E-state index in [4.69, 9.17) is 9.66 Å². The van der Waals surface area contributed by atoms with Crippen molar-refractivity contribution in [3.8, 4) is 0 Å². The third-order valence-corrected chi connectivity index (χ3v) is 2.09. The third kappa shape index (κ3) is 9.98. The molecule has 0 bridgehead atoms. The normalized spacial score (nSPS) is 20.0. The molecule has 90 valence electrons. The highest BCUT2D eigenvalue weighted by atomic mass is 32.2. The number of hydrogen-bond acceptors (Lipinski definition) is 6. The lowest BCUT2D eigenvalue weighted by molar-refractivity contribution is 0.275. The molecule has 0 radical (unpaired) electrons. The highest BCUT2D eigenvalue weighted by molar-refractivity contribution is 8.13. The third-order valence-electron chi connectivity index (χ3n) is 1.45. The van der Waals surface area contributed by atoms with Gasteiger partial charge in [0.05, 0.1) is 12.8 Å². The van der Waals surface area contributed by atoms with Crippen molar-refractivity contribution < 1.29 is 18.1 Å². The predicted molar refractivity (Wildman–Crippen MR) is 61.9 cm³/mol. The molecule has 0 amide bonds. The van der Waals surface area contributed by atoms with Crippen molar-refractivity contribution in [3.05, 3.63) is 0 Å². The van der Waals surface area contributed by atoms with Crippen LogP contribution in [0, 0.1) is 0 Å². The van der Waals surface area contributed by atoms with Crippen LogP contribution < -0.4 is 5.32 Å². The lowest BCUT2D eigenvalue weighted by atomic mass is 10.2. The van der Waals surface area contributed by atoms with Gasteiger partial charge in [-0.05, 0) is 12.7 Å². The second kappa shape index (κ2) is 7.04. The summed E-state index contributed by atoms with van der Waals surface area (Å²) in [5.74, 6) is 0. The predicted octanol–water partition coefficient (Wildman–Crippen LogP) is -0.436. The Labute approximate surface area is 93.9 Å². The van der Waals surface area contributed by atoms with E-state index in [1.165, 1.54) is 0 Å². The van der Waals surface area contributed by atoms with Crippen molar-refractivity contribution in [2.75, 3.05) is 25.7 Å². The number of thioether (sulfide) groups is 1. The first kappa shape index (κ1) is 14.7. The van der Waals surface area contributed by atoms with E-state index < -0.39 is 10.1 Å². The zero-order valence-electron chi connectivity index (χ0n) is 8.67. The molecule has 0 saturated heterocycles. The maximum Gasteiger partial charge on any atom is 0.261 e. The first-order valence-electron chi connectivity index (χ1n) is 4.25. The quantitative estimate of drug-likeness (QED) is 0.580. The Morgan fingerprint density at radius 3 is 2.53 bits per heavy atom. The molecule has 1 atom stereocenters. The zero-order valence-corrected chi connectivity index (χ0v) is 10.3. The lowest BCUT2D eigenvalue weighted by Crippen LogP contribution is -2.29. The van der Waals surface area contributed by atoms with Gasteiger partial charge in [0.25, 0.3) is 10.1 Å². The monoisotopic (exact) mass is 256 g/mol. The van der Waals surface area contributed by atoms with Crippen LogP contribution in [-0.2, 0) is 10.1 Å². The van der Waals surface area contributed by atoms with Gasteiger partial charge in [-0.15, -0.1) is 0 Å². The number of aliphatic hydroxyl groups excluding tert-OH is 1. The van der Waals surface area contributed by atoms with Gasteiger partial charge in [-0.25, -0.2) is 0 Å². The summed E-state index contributed by atoms with van der Waals surface area (Å²) in [4.78, 5) is 4.21. The molecule has 0 aliphatic carbocycles. The van der Waals surface area contributed by atoms with Gasteiger partial charge in [-0.2, -0.15) is 8.42 Å². The fourth-order valence-corrected chi connectivity index (χ4v) is 1.39. The van der Waals surface area contributed by atoms with E-state index in [1.54, 1.807) is 11.8 Å². The molecule has 0 saturated carbocycles. The smallest absolute Gasteiger partial charge is 0.261 e. The van der Waals surface area contributed by atoms with E-state index in [1.807, 2.05) is 6.26 Å². The maximum atomic E-state index is 9.19. The summed E-state index contributed by atoms with van der Waals surface area (Å²) >= 11 is 1.62. The van der Waals surface area contributed by atoms with Gasteiger partial charge in [0.1, 0.15) is 0 Å². The van der Waals surface area contributed by atoms with Crippen molar-refractivity contribution >= 4 is 27.0 Å². The molecule has 1 aliphatic rings. The number of nitrogens with zero attached hydrogens (tertiary/aromatic N) is 1. The van der Waals surface area contributed by atoms with Gasteiger partial charge in [0, 0.05) is 12.6 Å². The summed E-state index contributed by atoms with van der Waals surface area (Å²) in [7, 11) is -3.67. The number of hydrogen-bond donors (Lipinski definition) is 3. The molecular weight excluding hydrogens is 240 g/mol. The molecule has 15 heavy (non-hydrogen) atoms. The van der Waals surface area contributed by atoms with Crippen LogP contribution in [0.25, 0.3) is 0 Å². The van der Waals surface area contributed by atoms with Crippen LogP contribution in [0.4, 0.5) is 0 Å². The van der Waals surface area contributed by atoms with Crippen LogP contribution in [0.2, 0.25) is 0 Å². The molecule has 1 heterocycles. The minimum Gasteiger partial charge on any atom is -0.396 e. The molecule has 0 aromatic carbocycles. The molecule has 0 aromatic heterocycles. The standard InChI is InChI=1S/C6H12N2OS.CH4O3S/c1-10-6-7-4-5(8-6)2-3-9;1-5(2,3)4/h5,9H,2-4H2,1H3,(H,7,8);1H3,(H,2,3,4). The number of nitrogens with one attached hydrogen (secondary N) is 1. The average Bonchev–Trinajstić information content (AvgIpc) is 2.50. The van der Waals surface area contributed by atoms with E-state index in [0.717, 1.165) is 18.1 Å². The molecule has 0 spiro atoms. The summed E-state index contributed by atoms with van der Waals surface area (Å²) in [6.07, 6.45) is 3.51. The van der Waals surface area contributed by atoms with E-state index in [2.05, 4.69) is 10.3 Å². The van der Waals surface area contributed by atoms with Crippen molar-refractivity contribution in [3.63, 3.8) is 0 Å². The number of aliphatic imine (C=N–C) groups is 1. The average molecular weight is 256 g/mol. The molecular formula is C7H16N2O4S2. The van der Waals surface area contributed by atoms with Crippen LogP contribution in [0.15, 0.2) is 4.99 Å². The SMILES string of the molecule is CS(=O)(=O)O.CSC1=NCC(CCO)N1. The van der Waals surface area contributed by atoms with Gasteiger partial charge in [0.2, 0.25) is 0 Å². The number of aliphatic hydroxyl groups is 1. The molecule has 0 fully saturated rings. The number of rotatable bonds is 2. The van der Waals surface area contributed by atoms with Crippen LogP contribution >= 0.6 is 11.8 Å². The summed E-state index contributed by atoms with van der Waals surface area (Å²) in [5, 5.41) is 12.8. The highest BCUT2D eigenvalue weighted by Crippen LogP contribution is 2.06. The molecule has 0 aromatic rings. The fourth-order valence-electron chi connectivity index (χ4n) is 0.902. The minimum atomic E-state index is -3.67. The summed E-state index contributed by atoms with van der Waals surface area (Å²) in [5.41, 5.74) is 0. The highest BCUT2D eigenvalue weighted by Gasteiger charge is 2.14. The van der Waals surface area contributed by atoms with Crippen LogP contribution in [0.5, 0.6) is 0 Å². The Balaban J connectivity index is 0.000000336. The van der Waals surface area contributed by atoms with Crippen LogP contribution in [-0.4, -0.2) is 54.9 Å². The van der Waals surface area contributed by atoms with Gasteiger partial charge in [-0.1, -0.05) is 11.8 Å². The number of amidine groups is 1. The van der Waals surface area contributed by atoms with Crippen molar-refractivity contribution in [2.24, 2.45) is 4.99 Å². The van der Waals surface area contributed by atoms with Gasteiger partial charge >= 0.3 is 0 Å². The van der Waals surface area contributed by atoms with E-state index in [-0.39, 0.29) is 6.61 Å². The fraction of sp³-hybridized carbons (Fsp3) is 0.857. The van der Waals surface area contributed by atoms with Crippen molar-refractivity contribution in [1.82, 2.24) is 5.32 Å². The van der Waals surface area contributed by atoms with E-state index in [9.17, 15) is 8.42 Å². The Hall–Kier alpha value is -0.310. The maximum absolute atomic E-state index is 9.19. The molecule has 8 heteroatoms. The first-order valence-corrected chi connectivity index (χ1v) is 7.32. The minimum absolute atomic E-state index is 0.245. The first-order chi connectivity index (χ1) is 6.86. The van der Waals surface area contributed by atoms with Crippen molar-refractivity contribution in [1.29, 1.82) is 0 Å². The Morgan fingerprint density at radius 2 is 2.20 bits per heavy atom. The summed E-state index contributed by atoms with van der Waals surface area (Å²) < 4.78 is 25.9. The summed E-state index contributed by atoms with van der Waals surface area (Å²) in [6, 6.07) is 0.368. The second-order valence-corrected chi connectivity index (χ2v) is 5.20. The molecule has 1 unspecified atom stereocenters. The van der Waals surface area contributed by atoms with Crippen LogP contribution in [0.3, 0.4) is 0 Å². The van der Waals surface area contributed by atoms with E-state index in [0.29, 0.717) is 12.3 Å². The zero-order chi connectivity index (χ0) is 11.9. The van der Waals surface area contributed by atoms with E-state index >= 15 is 0 Å². The molecule has 1 rings (SSSR count). The second-order valence-electron chi connectivity index (χ2n) is 2.94. The Morgan fingerprint density at radius 1 is 1.67 bits per heavy atom. The lowest BCUT2D eigenvalue weighted by Gasteiger charge is -2.07.